The Morgan fingerprint density at radius 3 is 2.48 bits per heavy atom. The Hall–Kier alpha value is -2.95. The van der Waals surface area contributed by atoms with E-state index in [1.54, 1.807) is 6.92 Å². The van der Waals surface area contributed by atoms with Gasteiger partial charge in [-0.1, -0.05) is 12.8 Å². The summed E-state index contributed by atoms with van der Waals surface area (Å²) in [5.41, 5.74) is 22.9. The highest BCUT2D eigenvalue weighted by Crippen LogP contribution is 2.28. The molecular formula is C20H35N9O2. The first-order valence-electron chi connectivity index (χ1n) is 10.8. The molecule has 1 aliphatic carbocycles. The number of nitrogen functional groups attached to an aromatic ring is 2. The van der Waals surface area contributed by atoms with Crippen LogP contribution in [0.2, 0.25) is 0 Å². The summed E-state index contributed by atoms with van der Waals surface area (Å²) in [6, 6.07) is 0.284. The first kappa shape index (κ1) is 24.3. The minimum atomic E-state index is -0.565. The Labute approximate surface area is 182 Å². The molecule has 0 aliphatic heterocycles. The van der Waals surface area contributed by atoms with Crippen molar-refractivity contribution in [2.24, 2.45) is 22.4 Å². The molecule has 1 heterocycles. The molecule has 0 spiro atoms. The van der Waals surface area contributed by atoms with Gasteiger partial charge in [-0.05, 0) is 44.9 Å². The average molecular weight is 434 g/mol. The van der Waals surface area contributed by atoms with Gasteiger partial charge in [0.1, 0.15) is 5.82 Å². The van der Waals surface area contributed by atoms with Crippen LogP contribution in [-0.2, 0) is 4.79 Å². The van der Waals surface area contributed by atoms with Crippen molar-refractivity contribution in [2.45, 2.75) is 64.3 Å². The molecule has 172 valence electrons. The van der Waals surface area contributed by atoms with Crippen LogP contribution in [0.25, 0.3) is 0 Å². The van der Waals surface area contributed by atoms with Gasteiger partial charge >= 0.3 is 0 Å². The van der Waals surface area contributed by atoms with Crippen LogP contribution in [0.15, 0.2) is 4.99 Å². The average Bonchev–Trinajstić information content (AvgIpc) is 2.71. The Morgan fingerprint density at radius 2 is 1.81 bits per heavy atom. The number of rotatable bonds is 9. The number of hydrogen-bond donors (Lipinski definition) is 6. The molecule has 0 radical (unpaired) electrons. The zero-order valence-electron chi connectivity index (χ0n) is 18.2. The summed E-state index contributed by atoms with van der Waals surface area (Å²) in [6.07, 6.45) is 7.73. The second kappa shape index (κ2) is 12.0. The van der Waals surface area contributed by atoms with Crippen molar-refractivity contribution in [2.75, 3.05) is 24.6 Å². The summed E-state index contributed by atoms with van der Waals surface area (Å²) in [4.78, 5) is 36.0. The molecule has 0 atom stereocenters. The lowest BCUT2D eigenvalue weighted by Gasteiger charge is -2.29. The number of nitrogens with zero attached hydrogens (tertiary/aromatic N) is 3. The van der Waals surface area contributed by atoms with Crippen molar-refractivity contribution in [1.82, 2.24) is 20.6 Å². The lowest BCUT2D eigenvalue weighted by Crippen LogP contribution is -2.38. The van der Waals surface area contributed by atoms with Crippen LogP contribution in [0, 0.1) is 12.8 Å². The van der Waals surface area contributed by atoms with Crippen molar-refractivity contribution in [3.05, 3.63) is 11.4 Å². The van der Waals surface area contributed by atoms with Gasteiger partial charge in [0, 0.05) is 25.6 Å². The number of unbranched alkanes of at least 4 members (excludes halogenated alkanes) is 1. The molecule has 1 aliphatic rings. The number of guanidine groups is 1. The molecule has 11 nitrogen and oxygen atoms in total. The highest BCUT2D eigenvalue weighted by atomic mass is 16.2. The zero-order valence-corrected chi connectivity index (χ0v) is 18.2. The van der Waals surface area contributed by atoms with Gasteiger partial charge in [0.15, 0.2) is 17.5 Å². The third-order valence-electron chi connectivity index (χ3n) is 5.48. The molecule has 0 bridgehead atoms. The quantitative estimate of drug-likeness (QED) is 0.180. The Morgan fingerprint density at radius 1 is 1.10 bits per heavy atom. The zero-order chi connectivity index (χ0) is 22.8. The summed E-state index contributed by atoms with van der Waals surface area (Å²) in [5.74, 6) is 0.315. The Bertz CT molecular complexity index is 789. The fraction of sp³-hybridized carbons (Fsp3) is 0.650. The van der Waals surface area contributed by atoms with Gasteiger partial charge in [-0.3, -0.25) is 19.9 Å². The van der Waals surface area contributed by atoms with Crippen LogP contribution >= 0.6 is 0 Å². The van der Waals surface area contributed by atoms with E-state index in [1.807, 2.05) is 0 Å². The number of aromatic nitrogens is 2. The van der Waals surface area contributed by atoms with Crippen LogP contribution in [0.1, 0.15) is 67.5 Å². The van der Waals surface area contributed by atoms with E-state index in [0.717, 1.165) is 44.9 Å². The summed E-state index contributed by atoms with van der Waals surface area (Å²) >= 11 is 0. The number of nitrogens with two attached hydrogens (primary N) is 4. The van der Waals surface area contributed by atoms with E-state index in [2.05, 4.69) is 25.6 Å². The molecule has 1 fully saturated rings. The SMILES string of the molecule is Cc1nc(C(=O)NC(N)=NCCCCC2CCC(NC(=O)CCN)CC2)c(N)nc1N. The molecule has 10 N–H and O–H groups in total. The minimum Gasteiger partial charge on any atom is -0.382 e. The molecular weight excluding hydrogens is 398 g/mol. The predicted molar refractivity (Wildman–Crippen MR) is 121 cm³/mol. The van der Waals surface area contributed by atoms with E-state index >= 15 is 0 Å². The summed E-state index contributed by atoms with van der Waals surface area (Å²) in [7, 11) is 0. The van der Waals surface area contributed by atoms with Crippen LogP contribution in [0.3, 0.4) is 0 Å². The predicted octanol–water partition coefficient (Wildman–Crippen LogP) is 0.188. The van der Waals surface area contributed by atoms with Crippen LogP contribution in [-0.4, -0.2) is 46.9 Å². The van der Waals surface area contributed by atoms with E-state index < -0.39 is 5.91 Å². The second-order valence-electron chi connectivity index (χ2n) is 7.97. The first-order valence-corrected chi connectivity index (χ1v) is 10.8. The van der Waals surface area contributed by atoms with E-state index in [1.165, 1.54) is 0 Å². The molecule has 0 aromatic carbocycles. The van der Waals surface area contributed by atoms with Gasteiger partial charge in [0.25, 0.3) is 5.91 Å². The van der Waals surface area contributed by atoms with Gasteiger partial charge in [-0.2, -0.15) is 0 Å². The molecule has 1 aromatic heterocycles. The third kappa shape index (κ3) is 8.00. The Balaban J connectivity index is 1.64. The molecule has 0 saturated heterocycles. The van der Waals surface area contributed by atoms with Crippen molar-refractivity contribution in [1.29, 1.82) is 0 Å². The van der Waals surface area contributed by atoms with Crippen LogP contribution < -0.4 is 33.6 Å². The van der Waals surface area contributed by atoms with Gasteiger partial charge < -0.3 is 28.3 Å². The van der Waals surface area contributed by atoms with Gasteiger partial charge in [0.2, 0.25) is 5.91 Å². The van der Waals surface area contributed by atoms with Crippen molar-refractivity contribution < 1.29 is 9.59 Å². The van der Waals surface area contributed by atoms with Crippen LogP contribution in [0.5, 0.6) is 0 Å². The largest absolute Gasteiger partial charge is 0.382 e. The first-order chi connectivity index (χ1) is 14.8. The van der Waals surface area contributed by atoms with Crippen molar-refractivity contribution >= 4 is 29.4 Å². The topological polar surface area (TPSA) is 200 Å². The van der Waals surface area contributed by atoms with E-state index in [0.29, 0.717) is 31.1 Å². The number of carbonyl (C=O) groups is 2. The molecule has 2 amide bonds. The summed E-state index contributed by atoms with van der Waals surface area (Å²) in [6.45, 7) is 2.56. The summed E-state index contributed by atoms with van der Waals surface area (Å²) < 4.78 is 0. The normalized spacial score (nSPS) is 19.1. The van der Waals surface area contributed by atoms with E-state index in [9.17, 15) is 9.59 Å². The Kier molecular flexibility index (Phi) is 9.44. The summed E-state index contributed by atoms with van der Waals surface area (Å²) in [5, 5.41) is 5.53. The molecule has 11 heteroatoms. The number of amides is 2. The molecule has 2 rings (SSSR count). The highest BCUT2D eigenvalue weighted by molar-refractivity contribution is 6.06. The van der Waals surface area contributed by atoms with Gasteiger partial charge in [-0.25, -0.2) is 9.97 Å². The van der Waals surface area contributed by atoms with E-state index in [-0.39, 0.29) is 35.2 Å². The van der Waals surface area contributed by atoms with E-state index in [4.69, 9.17) is 22.9 Å². The number of hydrogen-bond acceptors (Lipinski definition) is 8. The minimum absolute atomic E-state index is 0.0226. The lowest BCUT2D eigenvalue weighted by molar-refractivity contribution is -0.121. The smallest absolute Gasteiger partial charge is 0.280 e. The van der Waals surface area contributed by atoms with Crippen molar-refractivity contribution in [3.63, 3.8) is 0 Å². The number of nitrogens with one attached hydrogen (secondary N) is 2. The number of carbonyl (C=O) groups excluding carboxylic acids is 2. The third-order valence-corrected chi connectivity index (χ3v) is 5.48. The number of aliphatic imine (C=N–C) groups is 1. The standard InChI is InChI=1S/C20H35N9O2/c1-12-17(22)28-18(23)16(26-12)19(31)29-20(24)25-11-3-2-4-13-5-7-14(8-6-13)27-15(30)9-10-21/h13-14H,2-11,21H2,1H3,(H,27,30)(H4,22,23,28)(H3,24,25,29,31). The highest BCUT2D eigenvalue weighted by Gasteiger charge is 2.22. The lowest BCUT2D eigenvalue weighted by atomic mass is 9.83. The van der Waals surface area contributed by atoms with Gasteiger partial charge in [-0.15, -0.1) is 0 Å². The van der Waals surface area contributed by atoms with Crippen molar-refractivity contribution in [3.8, 4) is 0 Å². The van der Waals surface area contributed by atoms with Crippen LogP contribution in [0.4, 0.5) is 11.6 Å². The molecule has 0 unspecified atom stereocenters. The maximum atomic E-state index is 12.2. The molecule has 1 saturated carbocycles. The maximum Gasteiger partial charge on any atom is 0.280 e. The fourth-order valence-corrected chi connectivity index (χ4v) is 3.70. The molecule has 1 aromatic rings. The maximum absolute atomic E-state index is 12.2. The second-order valence-corrected chi connectivity index (χ2v) is 7.97. The molecule has 31 heavy (non-hydrogen) atoms. The fourth-order valence-electron chi connectivity index (χ4n) is 3.70. The number of anilines is 2. The van der Waals surface area contributed by atoms with Gasteiger partial charge in [0.05, 0.1) is 5.69 Å². The monoisotopic (exact) mass is 433 g/mol. The number of aryl methyl sites for hydroxylation is 1.